The normalized spacial score (nSPS) is 22.3. The highest BCUT2D eigenvalue weighted by molar-refractivity contribution is 6.19. The monoisotopic (exact) mass is 503 g/mol. The summed E-state index contributed by atoms with van der Waals surface area (Å²) in [5.74, 6) is -0.519. The van der Waals surface area contributed by atoms with Gasteiger partial charge in [0.05, 0.1) is 22.9 Å². The lowest BCUT2D eigenvalue weighted by Crippen LogP contribution is -2.47. The van der Waals surface area contributed by atoms with E-state index >= 15 is 0 Å². The van der Waals surface area contributed by atoms with Crippen molar-refractivity contribution in [1.82, 2.24) is 14.8 Å². The molecular formula is C29H33N3O5. The van der Waals surface area contributed by atoms with E-state index in [1.165, 1.54) is 0 Å². The average Bonchev–Trinajstić information content (AvgIpc) is 3.49. The molecular weight excluding hydrogens is 470 g/mol. The number of aromatic nitrogens is 1. The number of β-amino-alcohol motifs (C(OH)–C–C–N with tert-alkyl or cyclic N) is 1. The third kappa shape index (κ3) is 4.42. The van der Waals surface area contributed by atoms with Gasteiger partial charge in [-0.05, 0) is 86.0 Å². The van der Waals surface area contributed by atoms with Crippen LogP contribution in [0, 0.1) is 12.3 Å². The summed E-state index contributed by atoms with van der Waals surface area (Å²) in [7, 11) is 0. The van der Waals surface area contributed by atoms with E-state index < -0.39 is 6.10 Å². The van der Waals surface area contributed by atoms with Crippen LogP contribution in [0.25, 0.3) is 5.57 Å². The Kier molecular flexibility index (Phi) is 6.24. The predicted octanol–water partition coefficient (Wildman–Crippen LogP) is 3.24. The fraction of sp³-hybridized carbons (Fsp3) is 0.483. The van der Waals surface area contributed by atoms with Crippen molar-refractivity contribution >= 4 is 17.5 Å². The van der Waals surface area contributed by atoms with Gasteiger partial charge in [-0.2, -0.15) is 0 Å². The first-order valence-corrected chi connectivity index (χ1v) is 13.2. The lowest BCUT2D eigenvalue weighted by Gasteiger charge is -2.48. The number of aliphatic hydroxyl groups is 1. The maximum Gasteiger partial charge on any atom is 0.341 e. The van der Waals surface area contributed by atoms with Crippen LogP contribution in [0.4, 0.5) is 0 Å². The zero-order chi connectivity index (χ0) is 25.6. The third-order valence-electron chi connectivity index (χ3n) is 8.92. The molecule has 5 heterocycles. The summed E-state index contributed by atoms with van der Waals surface area (Å²) < 4.78 is 10.6. The quantitative estimate of drug-likeness (QED) is 0.622. The number of hydrogen-bond donors (Lipinski definition) is 1. The molecule has 2 aromatic rings. The lowest BCUT2D eigenvalue weighted by molar-refractivity contribution is -0.134. The lowest BCUT2D eigenvalue weighted by atomic mass is 9.71. The Balaban J connectivity index is 1.06. The summed E-state index contributed by atoms with van der Waals surface area (Å²) in [5.41, 5.74) is 6.25. The van der Waals surface area contributed by atoms with Gasteiger partial charge in [0.1, 0.15) is 13.2 Å². The van der Waals surface area contributed by atoms with Gasteiger partial charge in [-0.3, -0.25) is 4.98 Å². The van der Waals surface area contributed by atoms with Gasteiger partial charge >= 0.3 is 11.9 Å². The molecule has 1 atom stereocenters. The highest BCUT2D eigenvalue weighted by atomic mass is 16.5. The molecule has 8 nitrogen and oxygen atoms in total. The average molecular weight is 504 g/mol. The van der Waals surface area contributed by atoms with Crippen molar-refractivity contribution in [2.24, 2.45) is 5.41 Å². The molecule has 1 N–H and O–H groups in total. The van der Waals surface area contributed by atoms with Crippen LogP contribution in [0.3, 0.4) is 0 Å². The van der Waals surface area contributed by atoms with Crippen molar-refractivity contribution in [3.05, 3.63) is 70.2 Å². The summed E-state index contributed by atoms with van der Waals surface area (Å²) in [6.45, 7) is 7.00. The van der Waals surface area contributed by atoms with Crippen LogP contribution in [-0.2, 0) is 20.9 Å². The number of esters is 2. The summed E-state index contributed by atoms with van der Waals surface area (Å²) in [6.07, 6.45) is 7.27. The van der Waals surface area contributed by atoms with E-state index in [2.05, 4.69) is 14.8 Å². The fourth-order valence-electron chi connectivity index (χ4n) is 6.48. The number of hydrogen-bond acceptors (Lipinski definition) is 8. The Morgan fingerprint density at radius 3 is 2.35 bits per heavy atom. The molecule has 0 bridgehead atoms. The summed E-state index contributed by atoms with van der Waals surface area (Å²) in [6, 6.07) is 7.40. The van der Waals surface area contributed by atoms with Crippen LogP contribution in [0.5, 0.6) is 0 Å². The van der Waals surface area contributed by atoms with E-state index in [4.69, 9.17) is 9.47 Å². The molecule has 0 radical (unpaired) electrons. The molecule has 6 rings (SSSR count). The minimum absolute atomic E-state index is 0.244. The van der Waals surface area contributed by atoms with Crippen molar-refractivity contribution in [2.75, 3.05) is 39.3 Å². The van der Waals surface area contributed by atoms with Crippen LogP contribution in [0.15, 0.2) is 42.4 Å². The summed E-state index contributed by atoms with van der Waals surface area (Å²) in [5, 5.41) is 11.0. The maximum atomic E-state index is 12.5. The van der Waals surface area contributed by atoms with Crippen LogP contribution >= 0.6 is 0 Å². The van der Waals surface area contributed by atoms with Gasteiger partial charge in [0, 0.05) is 37.6 Å². The molecule has 0 unspecified atom stereocenters. The SMILES string of the molecule is Cc1c([C@@H](O)CN2CCC3(CC2)CCN(C2=C(c4ccncc4)C(=O)OC2)CC3)ccc2c1COC2=O. The number of ether oxygens (including phenoxy) is 2. The molecule has 4 aliphatic rings. The van der Waals surface area contributed by atoms with Gasteiger partial charge in [0.25, 0.3) is 0 Å². The Hall–Kier alpha value is -3.23. The second kappa shape index (κ2) is 9.58. The van der Waals surface area contributed by atoms with Crippen molar-refractivity contribution in [3.63, 3.8) is 0 Å². The molecule has 37 heavy (non-hydrogen) atoms. The van der Waals surface area contributed by atoms with Gasteiger partial charge in [0.2, 0.25) is 0 Å². The number of carbonyl (C=O) groups is 2. The van der Waals surface area contributed by atoms with Crippen molar-refractivity contribution in [3.8, 4) is 0 Å². The number of benzene rings is 1. The van der Waals surface area contributed by atoms with E-state index in [9.17, 15) is 14.7 Å². The first kappa shape index (κ1) is 24.1. The van der Waals surface area contributed by atoms with Crippen molar-refractivity contribution < 1.29 is 24.2 Å². The van der Waals surface area contributed by atoms with Gasteiger partial charge < -0.3 is 24.4 Å². The van der Waals surface area contributed by atoms with Crippen LogP contribution < -0.4 is 0 Å². The van der Waals surface area contributed by atoms with Gasteiger partial charge in [-0.25, -0.2) is 9.59 Å². The van der Waals surface area contributed by atoms with Crippen LogP contribution in [-0.4, -0.2) is 71.2 Å². The number of nitrogens with zero attached hydrogens (tertiary/aromatic N) is 3. The highest BCUT2D eigenvalue weighted by Gasteiger charge is 2.40. The molecule has 0 saturated carbocycles. The Morgan fingerprint density at radius 1 is 0.946 bits per heavy atom. The van der Waals surface area contributed by atoms with E-state index in [1.54, 1.807) is 18.5 Å². The smallest absolute Gasteiger partial charge is 0.341 e. The number of piperidine rings is 2. The molecule has 0 amide bonds. The predicted molar refractivity (Wildman–Crippen MR) is 136 cm³/mol. The molecule has 1 aromatic heterocycles. The molecule has 2 saturated heterocycles. The van der Waals surface area contributed by atoms with Gasteiger partial charge in [0.15, 0.2) is 0 Å². The van der Waals surface area contributed by atoms with Crippen LogP contribution in [0.2, 0.25) is 0 Å². The van der Waals surface area contributed by atoms with E-state index in [0.717, 1.165) is 79.8 Å². The number of cyclic esters (lactones) is 2. The summed E-state index contributed by atoms with van der Waals surface area (Å²) in [4.78, 5) is 33.1. The Labute approximate surface area is 216 Å². The standard InChI is InChI=1S/C29H33N3O5/c1-19-21(2-3-22-23(19)17-36-27(22)34)25(33)16-31-12-6-29(7-13-31)8-14-32(15-9-29)24-18-37-28(35)26(24)20-4-10-30-11-5-20/h2-5,10-11,25,33H,6-9,12-18H2,1H3/t25-/m0/s1. The van der Waals surface area contributed by atoms with Gasteiger partial charge in [-0.1, -0.05) is 6.07 Å². The summed E-state index contributed by atoms with van der Waals surface area (Å²) >= 11 is 0. The van der Waals surface area contributed by atoms with E-state index in [1.807, 2.05) is 25.1 Å². The zero-order valence-electron chi connectivity index (χ0n) is 21.2. The minimum atomic E-state index is -0.588. The number of fused-ring (bicyclic) bond motifs is 1. The van der Waals surface area contributed by atoms with E-state index in [-0.39, 0.29) is 11.9 Å². The first-order valence-electron chi connectivity index (χ1n) is 13.2. The highest BCUT2D eigenvalue weighted by Crippen LogP contribution is 2.43. The second-order valence-corrected chi connectivity index (χ2v) is 10.8. The maximum absolute atomic E-state index is 12.5. The number of carbonyl (C=O) groups excluding carboxylic acids is 2. The first-order chi connectivity index (χ1) is 17.9. The number of likely N-dealkylation sites (tertiary alicyclic amines) is 2. The van der Waals surface area contributed by atoms with Crippen molar-refractivity contribution in [1.29, 1.82) is 0 Å². The molecule has 2 fully saturated rings. The van der Waals surface area contributed by atoms with Crippen LogP contribution in [0.1, 0.15) is 64.4 Å². The number of rotatable bonds is 5. The molecule has 1 aromatic carbocycles. The Morgan fingerprint density at radius 2 is 1.62 bits per heavy atom. The fourth-order valence-corrected chi connectivity index (χ4v) is 6.48. The molecule has 0 aliphatic carbocycles. The number of aliphatic hydroxyl groups excluding tert-OH is 1. The van der Waals surface area contributed by atoms with E-state index in [0.29, 0.717) is 36.3 Å². The molecule has 8 heteroatoms. The Bertz CT molecular complexity index is 1240. The molecule has 194 valence electrons. The van der Waals surface area contributed by atoms with Gasteiger partial charge in [-0.15, -0.1) is 0 Å². The third-order valence-corrected chi connectivity index (χ3v) is 8.92. The largest absolute Gasteiger partial charge is 0.457 e. The number of pyridine rings is 1. The zero-order valence-corrected chi connectivity index (χ0v) is 21.2. The second-order valence-electron chi connectivity index (χ2n) is 10.8. The minimum Gasteiger partial charge on any atom is -0.457 e. The molecule has 4 aliphatic heterocycles. The topological polar surface area (TPSA) is 92.2 Å². The molecule has 1 spiro atoms. The van der Waals surface area contributed by atoms with Crippen molar-refractivity contribution in [2.45, 2.75) is 45.3 Å².